The number of piperidine rings is 1. The van der Waals surface area contributed by atoms with Crippen molar-refractivity contribution < 1.29 is 14.1 Å². The second kappa shape index (κ2) is 6.10. The number of amides is 1. The van der Waals surface area contributed by atoms with E-state index < -0.39 is 0 Å². The van der Waals surface area contributed by atoms with E-state index in [1.807, 2.05) is 12.1 Å². The number of likely N-dealkylation sites (N-methyl/N-ethyl adjacent to an activating group) is 1. The standard InChI is InChI=1S/C16H19N5O3/c1-20-12(10-23-16(20)22)15-18-14(19-24-15)11-5-6-17-13(9-11)21-7-3-2-4-8-21/h5-6,9,12H,2-4,7-8,10H2,1H3. The predicted octanol–water partition coefficient (Wildman–Crippen LogP) is 2.25. The summed E-state index contributed by atoms with van der Waals surface area (Å²) >= 11 is 0. The Morgan fingerprint density at radius 3 is 2.83 bits per heavy atom. The van der Waals surface area contributed by atoms with Crippen molar-refractivity contribution in [2.75, 3.05) is 31.6 Å². The predicted molar refractivity (Wildman–Crippen MR) is 85.4 cm³/mol. The zero-order valence-electron chi connectivity index (χ0n) is 13.5. The van der Waals surface area contributed by atoms with E-state index in [1.165, 1.54) is 24.2 Å². The van der Waals surface area contributed by atoms with Gasteiger partial charge >= 0.3 is 6.09 Å². The van der Waals surface area contributed by atoms with Crippen molar-refractivity contribution in [1.82, 2.24) is 20.0 Å². The summed E-state index contributed by atoms with van der Waals surface area (Å²) in [5, 5.41) is 4.05. The highest BCUT2D eigenvalue weighted by Crippen LogP contribution is 2.28. The molecule has 2 saturated heterocycles. The molecule has 2 aromatic heterocycles. The van der Waals surface area contributed by atoms with E-state index in [2.05, 4.69) is 20.0 Å². The molecule has 2 aromatic rings. The number of hydrogen-bond acceptors (Lipinski definition) is 7. The topological polar surface area (TPSA) is 84.6 Å². The number of aromatic nitrogens is 3. The summed E-state index contributed by atoms with van der Waals surface area (Å²) in [4.78, 5) is 24.1. The zero-order valence-corrected chi connectivity index (χ0v) is 13.5. The van der Waals surface area contributed by atoms with Gasteiger partial charge in [0.15, 0.2) is 0 Å². The van der Waals surface area contributed by atoms with Crippen LogP contribution >= 0.6 is 0 Å². The Kier molecular flexibility index (Phi) is 3.79. The number of anilines is 1. The van der Waals surface area contributed by atoms with Gasteiger partial charge in [0.25, 0.3) is 5.89 Å². The number of nitrogens with zero attached hydrogens (tertiary/aromatic N) is 5. The highest BCUT2D eigenvalue weighted by molar-refractivity contribution is 5.69. The average molecular weight is 329 g/mol. The van der Waals surface area contributed by atoms with E-state index in [4.69, 9.17) is 9.26 Å². The second-order valence-electron chi connectivity index (χ2n) is 6.11. The molecule has 0 spiro atoms. The fraction of sp³-hybridized carbons (Fsp3) is 0.500. The molecule has 1 atom stereocenters. The van der Waals surface area contributed by atoms with Gasteiger partial charge in [-0.2, -0.15) is 4.98 Å². The first-order valence-electron chi connectivity index (χ1n) is 8.17. The van der Waals surface area contributed by atoms with Crippen LogP contribution in [0.3, 0.4) is 0 Å². The van der Waals surface area contributed by atoms with Gasteiger partial charge in [-0.1, -0.05) is 5.16 Å². The lowest BCUT2D eigenvalue weighted by atomic mass is 10.1. The van der Waals surface area contributed by atoms with Crippen LogP contribution in [0.15, 0.2) is 22.9 Å². The molecule has 2 aliphatic rings. The minimum absolute atomic E-state index is 0.229. The van der Waals surface area contributed by atoms with Gasteiger partial charge in [0, 0.05) is 31.9 Å². The first-order valence-corrected chi connectivity index (χ1v) is 8.17. The third-order valence-electron chi connectivity index (χ3n) is 4.53. The minimum atomic E-state index is -0.379. The number of carbonyl (C=O) groups is 1. The molecule has 8 nitrogen and oxygen atoms in total. The molecule has 0 radical (unpaired) electrons. The molecule has 2 aliphatic heterocycles. The van der Waals surface area contributed by atoms with Crippen LogP contribution in [0.25, 0.3) is 11.4 Å². The largest absolute Gasteiger partial charge is 0.447 e. The number of pyridine rings is 1. The number of carbonyl (C=O) groups excluding carboxylic acids is 1. The lowest BCUT2D eigenvalue weighted by Crippen LogP contribution is -2.30. The van der Waals surface area contributed by atoms with Crippen LogP contribution in [0.2, 0.25) is 0 Å². The zero-order chi connectivity index (χ0) is 16.5. The van der Waals surface area contributed by atoms with E-state index in [-0.39, 0.29) is 18.7 Å². The summed E-state index contributed by atoms with van der Waals surface area (Å²) in [6, 6.07) is 3.52. The normalized spacial score (nSPS) is 21.2. The fourth-order valence-corrected chi connectivity index (χ4v) is 3.07. The van der Waals surface area contributed by atoms with Crippen molar-refractivity contribution in [1.29, 1.82) is 0 Å². The highest BCUT2D eigenvalue weighted by Gasteiger charge is 2.35. The van der Waals surface area contributed by atoms with E-state index in [0.717, 1.165) is 24.5 Å². The van der Waals surface area contributed by atoms with Crippen LogP contribution in [-0.2, 0) is 4.74 Å². The molecule has 0 bridgehead atoms. The van der Waals surface area contributed by atoms with Gasteiger partial charge in [-0.3, -0.25) is 4.90 Å². The second-order valence-corrected chi connectivity index (χ2v) is 6.11. The first-order chi connectivity index (χ1) is 11.7. The fourth-order valence-electron chi connectivity index (χ4n) is 3.07. The van der Waals surface area contributed by atoms with E-state index >= 15 is 0 Å². The smallest absolute Gasteiger partial charge is 0.410 e. The lowest BCUT2D eigenvalue weighted by Gasteiger charge is -2.27. The van der Waals surface area contributed by atoms with Gasteiger partial charge in [-0.05, 0) is 31.4 Å². The van der Waals surface area contributed by atoms with Gasteiger partial charge in [-0.15, -0.1) is 0 Å². The van der Waals surface area contributed by atoms with Crippen LogP contribution in [0, 0.1) is 0 Å². The molecule has 8 heteroatoms. The number of ether oxygens (including phenoxy) is 1. The SMILES string of the molecule is CN1C(=O)OCC1c1nc(-c2ccnc(N3CCCCC3)c2)no1. The van der Waals surface area contributed by atoms with Crippen molar-refractivity contribution in [3.63, 3.8) is 0 Å². The molecule has 1 unspecified atom stereocenters. The van der Waals surface area contributed by atoms with Crippen molar-refractivity contribution in [3.05, 3.63) is 24.2 Å². The summed E-state index contributed by atoms with van der Waals surface area (Å²) in [6.45, 7) is 2.28. The Morgan fingerprint density at radius 2 is 2.08 bits per heavy atom. The van der Waals surface area contributed by atoms with Crippen LogP contribution < -0.4 is 4.90 Å². The third kappa shape index (κ3) is 2.68. The van der Waals surface area contributed by atoms with Crippen molar-refractivity contribution in [2.45, 2.75) is 25.3 Å². The molecule has 2 fully saturated rings. The maximum absolute atomic E-state index is 11.5. The van der Waals surface area contributed by atoms with Crippen LogP contribution in [0.4, 0.5) is 10.6 Å². The van der Waals surface area contributed by atoms with E-state index in [9.17, 15) is 4.79 Å². The molecule has 4 rings (SSSR count). The van der Waals surface area contributed by atoms with Crippen LogP contribution in [0.1, 0.15) is 31.2 Å². The van der Waals surface area contributed by atoms with E-state index in [0.29, 0.717) is 11.7 Å². The molecular formula is C16H19N5O3. The van der Waals surface area contributed by atoms with Crippen LogP contribution in [-0.4, -0.2) is 52.9 Å². The summed E-state index contributed by atoms with van der Waals surface area (Å²) in [5.41, 5.74) is 0.855. The van der Waals surface area contributed by atoms with Gasteiger partial charge < -0.3 is 14.2 Å². The van der Waals surface area contributed by atoms with Gasteiger partial charge in [0.2, 0.25) is 5.82 Å². The Hall–Kier alpha value is -2.64. The van der Waals surface area contributed by atoms with Gasteiger partial charge in [0.1, 0.15) is 18.5 Å². The molecule has 4 heterocycles. The van der Waals surface area contributed by atoms with E-state index in [1.54, 1.807) is 13.2 Å². The minimum Gasteiger partial charge on any atom is -0.447 e. The summed E-state index contributed by atoms with van der Waals surface area (Å²) in [6.07, 6.45) is 5.06. The molecular weight excluding hydrogens is 310 g/mol. The number of hydrogen-bond donors (Lipinski definition) is 0. The molecule has 126 valence electrons. The summed E-state index contributed by atoms with van der Waals surface area (Å²) in [5.74, 6) is 1.82. The average Bonchev–Trinajstić information content (AvgIpc) is 3.24. The quantitative estimate of drug-likeness (QED) is 0.853. The summed E-state index contributed by atoms with van der Waals surface area (Å²) in [7, 11) is 1.66. The first kappa shape index (κ1) is 14.9. The lowest BCUT2D eigenvalue weighted by molar-refractivity contribution is 0.163. The highest BCUT2D eigenvalue weighted by atomic mass is 16.6. The monoisotopic (exact) mass is 329 g/mol. The molecule has 0 aromatic carbocycles. The van der Waals surface area contributed by atoms with Crippen molar-refractivity contribution in [2.24, 2.45) is 0 Å². The maximum Gasteiger partial charge on any atom is 0.410 e. The molecule has 0 N–H and O–H groups in total. The molecule has 0 saturated carbocycles. The third-order valence-corrected chi connectivity index (χ3v) is 4.53. The van der Waals surface area contributed by atoms with Crippen molar-refractivity contribution >= 4 is 11.9 Å². The molecule has 0 aliphatic carbocycles. The summed E-state index contributed by atoms with van der Waals surface area (Å²) < 4.78 is 10.3. The Bertz CT molecular complexity index is 741. The van der Waals surface area contributed by atoms with Gasteiger partial charge in [0.05, 0.1) is 0 Å². The Labute approximate surface area is 139 Å². The molecule has 1 amide bonds. The number of rotatable bonds is 3. The van der Waals surface area contributed by atoms with Crippen LogP contribution in [0.5, 0.6) is 0 Å². The molecule has 24 heavy (non-hydrogen) atoms. The number of cyclic esters (lactones) is 1. The maximum atomic E-state index is 11.5. The van der Waals surface area contributed by atoms with Crippen molar-refractivity contribution in [3.8, 4) is 11.4 Å². The van der Waals surface area contributed by atoms with Gasteiger partial charge in [-0.25, -0.2) is 9.78 Å². The Balaban J connectivity index is 1.57. The Morgan fingerprint density at radius 1 is 1.25 bits per heavy atom.